The van der Waals surface area contributed by atoms with Crippen molar-refractivity contribution in [2.45, 2.75) is 26.3 Å². The summed E-state index contributed by atoms with van der Waals surface area (Å²) in [6.45, 7) is -0.341. The van der Waals surface area contributed by atoms with Crippen LogP contribution in [0.4, 0.5) is 14.5 Å². The van der Waals surface area contributed by atoms with Crippen molar-refractivity contribution >= 4 is 17.5 Å². The number of carbonyl (C=O) groups excluding carboxylic acids is 2. The van der Waals surface area contributed by atoms with Gasteiger partial charge >= 0.3 is 6.55 Å². The van der Waals surface area contributed by atoms with Gasteiger partial charge in [0.1, 0.15) is 11.6 Å². The highest BCUT2D eigenvalue weighted by atomic mass is 19.3. The molecule has 1 fully saturated rings. The largest absolute Gasteiger partial charge is 0.495 e. The molecule has 9 heteroatoms. The van der Waals surface area contributed by atoms with Gasteiger partial charge in [-0.1, -0.05) is 6.07 Å². The molecular formula is C19H22F2N4O3. The first kappa shape index (κ1) is 19.8. The summed E-state index contributed by atoms with van der Waals surface area (Å²) in [5.74, 6) is -0.176. The zero-order valence-corrected chi connectivity index (χ0v) is 15.7. The predicted octanol–water partition coefficient (Wildman–Crippen LogP) is 2.31. The van der Waals surface area contributed by atoms with E-state index in [4.69, 9.17) is 4.74 Å². The van der Waals surface area contributed by atoms with Crippen molar-refractivity contribution < 1.29 is 23.1 Å². The van der Waals surface area contributed by atoms with Crippen LogP contribution in [0.25, 0.3) is 0 Å². The number of nitrogens with zero attached hydrogens (tertiary/aromatic N) is 3. The molecule has 0 bridgehead atoms. The second-order valence-electron chi connectivity index (χ2n) is 6.65. The van der Waals surface area contributed by atoms with Crippen LogP contribution in [0, 0.1) is 12.8 Å². The number of alkyl halides is 2. The fourth-order valence-corrected chi connectivity index (χ4v) is 3.28. The number of rotatable bonds is 7. The van der Waals surface area contributed by atoms with Crippen molar-refractivity contribution in [2.24, 2.45) is 5.92 Å². The highest BCUT2D eigenvalue weighted by molar-refractivity contribution is 6.01. The van der Waals surface area contributed by atoms with Gasteiger partial charge in [-0.25, -0.2) is 4.98 Å². The maximum Gasteiger partial charge on any atom is 0.319 e. The molecule has 1 unspecified atom stereocenters. The van der Waals surface area contributed by atoms with Crippen LogP contribution in [0.1, 0.15) is 24.4 Å². The zero-order valence-electron chi connectivity index (χ0n) is 15.7. The molecule has 1 aromatic carbocycles. The summed E-state index contributed by atoms with van der Waals surface area (Å²) < 4.78 is 31.7. The molecule has 0 saturated carbocycles. The van der Waals surface area contributed by atoms with Crippen LogP contribution < -0.4 is 15.0 Å². The summed E-state index contributed by atoms with van der Waals surface area (Å²) in [6, 6.07) is 5.52. The Labute approximate surface area is 161 Å². The smallest absolute Gasteiger partial charge is 0.319 e. The molecule has 1 N–H and O–H groups in total. The first-order chi connectivity index (χ1) is 13.4. The first-order valence-corrected chi connectivity index (χ1v) is 8.93. The number of methoxy groups -OCH3 is 1. The predicted molar refractivity (Wildman–Crippen MR) is 98.4 cm³/mol. The van der Waals surface area contributed by atoms with Crippen LogP contribution in [0.3, 0.4) is 0 Å². The van der Waals surface area contributed by atoms with Gasteiger partial charge in [-0.3, -0.25) is 14.2 Å². The highest BCUT2D eigenvalue weighted by Crippen LogP contribution is 2.33. The summed E-state index contributed by atoms with van der Waals surface area (Å²) in [7, 11) is 1.53. The number of imidazole rings is 1. The monoisotopic (exact) mass is 392 g/mol. The molecule has 1 aliphatic rings. The second kappa shape index (κ2) is 8.37. The van der Waals surface area contributed by atoms with Crippen LogP contribution in [0.15, 0.2) is 30.6 Å². The maximum absolute atomic E-state index is 12.8. The average Bonchev–Trinajstić information content (AvgIpc) is 3.28. The van der Waals surface area contributed by atoms with Crippen molar-refractivity contribution in [2.75, 3.05) is 25.1 Å². The summed E-state index contributed by atoms with van der Waals surface area (Å²) >= 11 is 0. The summed E-state index contributed by atoms with van der Waals surface area (Å²) in [6.07, 6.45) is 2.77. The summed E-state index contributed by atoms with van der Waals surface area (Å²) in [5.41, 5.74) is 1.62. The third-order valence-electron chi connectivity index (χ3n) is 4.73. The fraction of sp³-hybridized carbons (Fsp3) is 0.421. The van der Waals surface area contributed by atoms with Crippen molar-refractivity contribution in [1.82, 2.24) is 14.9 Å². The van der Waals surface area contributed by atoms with Crippen molar-refractivity contribution in [3.63, 3.8) is 0 Å². The van der Waals surface area contributed by atoms with E-state index < -0.39 is 12.5 Å². The van der Waals surface area contributed by atoms with Gasteiger partial charge in [0.2, 0.25) is 11.8 Å². The van der Waals surface area contributed by atoms with E-state index in [1.54, 1.807) is 11.0 Å². The Hall–Kier alpha value is -2.97. The molecule has 150 valence electrons. The number of hydrogen-bond acceptors (Lipinski definition) is 4. The van der Waals surface area contributed by atoms with Crippen molar-refractivity contribution in [1.29, 1.82) is 0 Å². The lowest BCUT2D eigenvalue weighted by Crippen LogP contribution is -2.34. The molecular weight excluding hydrogens is 370 g/mol. The lowest BCUT2D eigenvalue weighted by atomic mass is 10.1. The van der Waals surface area contributed by atoms with Gasteiger partial charge in [-0.05, 0) is 24.6 Å². The molecule has 28 heavy (non-hydrogen) atoms. The Bertz CT molecular complexity index is 869. The molecule has 1 saturated heterocycles. The SMILES string of the molecule is COc1ccc(C)cc1N1CC(C(=O)NCCc2nccn2C(F)F)CC1=O. The maximum atomic E-state index is 12.8. The van der Waals surface area contributed by atoms with Crippen LogP contribution in [-0.2, 0) is 16.0 Å². The quantitative estimate of drug-likeness (QED) is 0.785. The van der Waals surface area contributed by atoms with Gasteiger partial charge in [0.15, 0.2) is 0 Å². The topological polar surface area (TPSA) is 76.5 Å². The molecule has 3 rings (SSSR count). The van der Waals surface area contributed by atoms with Crippen molar-refractivity contribution in [3.05, 3.63) is 42.0 Å². The molecule has 0 aliphatic carbocycles. The minimum Gasteiger partial charge on any atom is -0.495 e. The van der Waals surface area contributed by atoms with Crippen LogP contribution in [0.2, 0.25) is 0 Å². The number of carbonyl (C=O) groups is 2. The molecule has 2 heterocycles. The number of ether oxygens (including phenoxy) is 1. The Morgan fingerprint density at radius 2 is 2.21 bits per heavy atom. The van der Waals surface area contributed by atoms with E-state index in [-0.39, 0.29) is 43.6 Å². The molecule has 2 aromatic rings. The minimum absolute atomic E-state index is 0.0919. The van der Waals surface area contributed by atoms with E-state index in [0.29, 0.717) is 11.4 Å². The fourth-order valence-electron chi connectivity index (χ4n) is 3.28. The number of anilines is 1. The number of amides is 2. The van der Waals surface area contributed by atoms with Gasteiger partial charge in [-0.2, -0.15) is 8.78 Å². The van der Waals surface area contributed by atoms with E-state index in [1.165, 1.54) is 19.5 Å². The lowest BCUT2D eigenvalue weighted by molar-refractivity contribution is -0.126. The van der Waals surface area contributed by atoms with Gasteiger partial charge < -0.3 is 15.0 Å². The minimum atomic E-state index is -2.67. The number of aromatic nitrogens is 2. The molecule has 2 amide bonds. The Morgan fingerprint density at radius 1 is 1.43 bits per heavy atom. The van der Waals surface area contributed by atoms with Crippen LogP contribution in [-0.4, -0.2) is 41.6 Å². The zero-order chi connectivity index (χ0) is 20.3. The van der Waals surface area contributed by atoms with E-state index in [1.807, 2.05) is 19.1 Å². The highest BCUT2D eigenvalue weighted by Gasteiger charge is 2.36. The molecule has 0 radical (unpaired) electrons. The Kier molecular flexibility index (Phi) is 5.91. The third kappa shape index (κ3) is 4.13. The third-order valence-corrected chi connectivity index (χ3v) is 4.73. The molecule has 1 atom stereocenters. The van der Waals surface area contributed by atoms with Gasteiger partial charge in [0.05, 0.1) is 18.7 Å². The van der Waals surface area contributed by atoms with Crippen LogP contribution in [0.5, 0.6) is 5.75 Å². The second-order valence-corrected chi connectivity index (χ2v) is 6.65. The standard InChI is InChI=1S/C19H22F2N4O3/c1-12-3-4-15(28-2)14(9-12)25-11-13(10-17(25)26)18(27)23-6-5-16-22-7-8-24(16)19(20)21/h3-4,7-9,13,19H,5-6,10-11H2,1-2H3,(H,23,27). The van der Waals surface area contributed by atoms with Gasteiger partial charge in [0.25, 0.3) is 0 Å². The lowest BCUT2D eigenvalue weighted by Gasteiger charge is -2.20. The summed E-state index contributed by atoms with van der Waals surface area (Å²) in [4.78, 5) is 30.3. The first-order valence-electron chi connectivity index (χ1n) is 8.93. The summed E-state index contributed by atoms with van der Waals surface area (Å²) in [5, 5.41) is 2.71. The van der Waals surface area contributed by atoms with Gasteiger partial charge in [0, 0.05) is 38.3 Å². The number of halogens is 2. The van der Waals surface area contributed by atoms with E-state index in [2.05, 4.69) is 10.3 Å². The molecule has 1 aliphatic heterocycles. The van der Waals surface area contributed by atoms with Crippen molar-refractivity contribution in [3.8, 4) is 5.75 Å². The van der Waals surface area contributed by atoms with E-state index in [9.17, 15) is 18.4 Å². The average molecular weight is 392 g/mol. The molecule has 1 aromatic heterocycles. The van der Waals surface area contributed by atoms with E-state index >= 15 is 0 Å². The number of nitrogens with one attached hydrogen (secondary N) is 1. The Balaban J connectivity index is 1.60. The molecule has 7 nitrogen and oxygen atoms in total. The number of hydrogen-bond donors (Lipinski definition) is 1. The number of benzene rings is 1. The Morgan fingerprint density at radius 3 is 2.93 bits per heavy atom. The van der Waals surface area contributed by atoms with E-state index in [0.717, 1.165) is 10.1 Å². The normalized spacial score (nSPS) is 16.7. The van der Waals surface area contributed by atoms with Crippen LogP contribution >= 0.6 is 0 Å². The van der Waals surface area contributed by atoms with Gasteiger partial charge in [-0.15, -0.1) is 0 Å². The molecule has 0 spiro atoms. The number of aryl methyl sites for hydroxylation is 1.